The van der Waals surface area contributed by atoms with Crippen LogP contribution in [0.25, 0.3) is 0 Å². The van der Waals surface area contributed by atoms with E-state index in [1.165, 1.54) is 11.8 Å². The zero-order chi connectivity index (χ0) is 7.28. The van der Waals surface area contributed by atoms with E-state index in [4.69, 9.17) is 5.73 Å². The molecule has 0 rings (SSSR count). The van der Waals surface area contributed by atoms with Gasteiger partial charge in [-0.15, -0.1) is 12.4 Å². The predicted octanol–water partition coefficient (Wildman–Crippen LogP) is 1.43. The van der Waals surface area contributed by atoms with Gasteiger partial charge in [-0.1, -0.05) is 13.3 Å². The first-order valence-corrected chi connectivity index (χ1v) is 4.33. The molecule has 0 fully saturated rings. The van der Waals surface area contributed by atoms with E-state index in [0.29, 0.717) is 0 Å². The van der Waals surface area contributed by atoms with Crippen LogP contribution in [0.15, 0.2) is 0 Å². The fraction of sp³-hybridized carbons (Fsp3) is 0.833. The quantitative estimate of drug-likeness (QED) is 0.717. The van der Waals surface area contributed by atoms with Crippen molar-refractivity contribution in [1.29, 1.82) is 0 Å². The summed E-state index contributed by atoms with van der Waals surface area (Å²) >= 11 is 1.53. The van der Waals surface area contributed by atoms with Gasteiger partial charge in [0, 0.05) is 0 Å². The van der Waals surface area contributed by atoms with Gasteiger partial charge in [0.25, 0.3) is 0 Å². The number of amides is 1. The smallest absolute Gasteiger partial charge is 0.230 e. The third-order valence-electron chi connectivity index (χ3n) is 1.15. The van der Waals surface area contributed by atoms with Crippen LogP contribution in [0.3, 0.4) is 0 Å². The number of hydrogen-bond acceptors (Lipinski definition) is 2. The normalized spacial score (nSPS) is 11.8. The second kappa shape index (κ2) is 7.22. The summed E-state index contributed by atoms with van der Waals surface area (Å²) < 4.78 is 0. The fourth-order valence-corrected chi connectivity index (χ4v) is 1.34. The van der Waals surface area contributed by atoms with Crippen LogP contribution in [0.1, 0.15) is 19.8 Å². The summed E-state index contributed by atoms with van der Waals surface area (Å²) in [5.74, 6) is -0.190. The van der Waals surface area contributed by atoms with E-state index in [-0.39, 0.29) is 23.6 Å². The lowest BCUT2D eigenvalue weighted by molar-refractivity contribution is -0.117. The topological polar surface area (TPSA) is 43.1 Å². The Labute approximate surface area is 72.3 Å². The molecular formula is C6H14ClNOS. The van der Waals surface area contributed by atoms with Crippen molar-refractivity contribution >= 4 is 30.1 Å². The van der Waals surface area contributed by atoms with Crippen molar-refractivity contribution in [2.45, 2.75) is 25.0 Å². The minimum absolute atomic E-state index is 0. The highest BCUT2D eigenvalue weighted by Gasteiger charge is 2.10. The molecule has 0 aliphatic heterocycles. The Morgan fingerprint density at radius 3 is 2.30 bits per heavy atom. The van der Waals surface area contributed by atoms with Crippen molar-refractivity contribution in [3.63, 3.8) is 0 Å². The van der Waals surface area contributed by atoms with Crippen LogP contribution in [-0.4, -0.2) is 17.4 Å². The summed E-state index contributed by atoms with van der Waals surface area (Å²) in [4.78, 5) is 10.5. The minimum Gasteiger partial charge on any atom is -0.369 e. The molecule has 0 aromatic rings. The zero-order valence-corrected chi connectivity index (χ0v) is 7.93. The number of rotatable bonds is 4. The number of primary amides is 1. The van der Waals surface area contributed by atoms with Gasteiger partial charge < -0.3 is 5.73 Å². The lowest BCUT2D eigenvalue weighted by atomic mass is 10.2. The monoisotopic (exact) mass is 183 g/mol. The first-order valence-electron chi connectivity index (χ1n) is 3.04. The van der Waals surface area contributed by atoms with Crippen LogP contribution in [0.5, 0.6) is 0 Å². The summed E-state index contributed by atoms with van der Waals surface area (Å²) in [5.41, 5.74) is 5.07. The maximum atomic E-state index is 10.5. The molecule has 0 aromatic heterocycles. The van der Waals surface area contributed by atoms with Gasteiger partial charge in [0.2, 0.25) is 5.91 Å². The lowest BCUT2D eigenvalue weighted by Crippen LogP contribution is -2.25. The molecule has 0 heterocycles. The van der Waals surface area contributed by atoms with Crippen molar-refractivity contribution in [3.05, 3.63) is 0 Å². The van der Waals surface area contributed by atoms with E-state index in [9.17, 15) is 4.79 Å². The van der Waals surface area contributed by atoms with E-state index in [0.717, 1.165) is 12.8 Å². The molecule has 0 saturated heterocycles. The minimum atomic E-state index is -0.190. The van der Waals surface area contributed by atoms with Gasteiger partial charge in [-0.25, -0.2) is 0 Å². The van der Waals surface area contributed by atoms with E-state index in [1.807, 2.05) is 13.2 Å². The molecule has 0 saturated carbocycles. The largest absolute Gasteiger partial charge is 0.369 e. The highest BCUT2D eigenvalue weighted by atomic mass is 35.5. The van der Waals surface area contributed by atoms with Crippen LogP contribution < -0.4 is 5.73 Å². The van der Waals surface area contributed by atoms with Crippen molar-refractivity contribution in [1.82, 2.24) is 0 Å². The SMILES string of the molecule is CCCC(SC)C(N)=O.Cl. The lowest BCUT2D eigenvalue weighted by Gasteiger charge is -2.06. The molecule has 1 unspecified atom stereocenters. The van der Waals surface area contributed by atoms with Gasteiger partial charge >= 0.3 is 0 Å². The molecule has 62 valence electrons. The molecule has 2 nitrogen and oxygen atoms in total. The zero-order valence-electron chi connectivity index (χ0n) is 6.29. The predicted molar refractivity (Wildman–Crippen MR) is 48.7 cm³/mol. The molecule has 4 heteroatoms. The number of halogens is 1. The van der Waals surface area contributed by atoms with Crippen molar-refractivity contribution in [2.75, 3.05) is 6.26 Å². The molecular weight excluding hydrogens is 170 g/mol. The molecule has 0 aromatic carbocycles. The Bertz CT molecular complexity index is 99.7. The number of carbonyl (C=O) groups is 1. The average molecular weight is 184 g/mol. The van der Waals surface area contributed by atoms with Crippen LogP contribution in [0.2, 0.25) is 0 Å². The van der Waals surface area contributed by atoms with Crippen LogP contribution >= 0.6 is 24.2 Å². The van der Waals surface area contributed by atoms with Crippen LogP contribution in [0.4, 0.5) is 0 Å². The number of hydrogen-bond donors (Lipinski definition) is 1. The van der Waals surface area contributed by atoms with Crippen molar-refractivity contribution in [2.24, 2.45) is 5.73 Å². The molecule has 10 heavy (non-hydrogen) atoms. The Balaban J connectivity index is 0. The van der Waals surface area contributed by atoms with Gasteiger partial charge in [-0.3, -0.25) is 4.79 Å². The summed E-state index contributed by atoms with van der Waals surface area (Å²) in [6.07, 6.45) is 3.83. The van der Waals surface area contributed by atoms with Crippen LogP contribution in [-0.2, 0) is 4.79 Å². The maximum Gasteiger partial charge on any atom is 0.230 e. The second-order valence-electron chi connectivity index (χ2n) is 1.92. The van der Waals surface area contributed by atoms with E-state index in [1.54, 1.807) is 0 Å². The summed E-state index contributed by atoms with van der Waals surface area (Å²) in [5, 5.41) is 0.0231. The maximum absolute atomic E-state index is 10.5. The highest BCUT2D eigenvalue weighted by Crippen LogP contribution is 2.11. The van der Waals surface area contributed by atoms with Crippen molar-refractivity contribution in [3.8, 4) is 0 Å². The molecule has 0 spiro atoms. The van der Waals surface area contributed by atoms with Crippen molar-refractivity contribution < 1.29 is 4.79 Å². The summed E-state index contributed by atoms with van der Waals surface area (Å²) in [7, 11) is 0. The first-order chi connectivity index (χ1) is 4.22. The molecule has 0 radical (unpaired) electrons. The summed E-state index contributed by atoms with van der Waals surface area (Å²) in [6.45, 7) is 2.05. The third kappa shape index (κ3) is 4.94. The number of thioether (sulfide) groups is 1. The Morgan fingerprint density at radius 1 is 1.70 bits per heavy atom. The molecule has 0 aliphatic carbocycles. The average Bonchev–Trinajstić information content (AvgIpc) is 1.82. The molecule has 0 bridgehead atoms. The van der Waals surface area contributed by atoms with Gasteiger partial charge in [0.05, 0.1) is 5.25 Å². The van der Waals surface area contributed by atoms with Gasteiger partial charge in [0.15, 0.2) is 0 Å². The van der Waals surface area contributed by atoms with E-state index < -0.39 is 0 Å². The second-order valence-corrected chi connectivity index (χ2v) is 2.96. The molecule has 1 amide bonds. The molecule has 2 N–H and O–H groups in total. The Hall–Kier alpha value is 0.110. The Kier molecular flexibility index (Phi) is 9.21. The molecule has 0 aliphatic rings. The van der Waals surface area contributed by atoms with E-state index in [2.05, 4.69) is 0 Å². The number of nitrogens with two attached hydrogens (primary N) is 1. The fourth-order valence-electron chi connectivity index (χ4n) is 0.638. The third-order valence-corrected chi connectivity index (χ3v) is 2.19. The Morgan fingerprint density at radius 2 is 2.20 bits per heavy atom. The molecule has 1 atom stereocenters. The first kappa shape index (κ1) is 12.8. The van der Waals surface area contributed by atoms with Gasteiger partial charge in [-0.05, 0) is 12.7 Å². The van der Waals surface area contributed by atoms with Gasteiger partial charge in [0.1, 0.15) is 0 Å². The standard InChI is InChI=1S/C6H13NOS.ClH/c1-3-4-5(9-2)6(7)8;/h5H,3-4H2,1-2H3,(H2,7,8);1H. The van der Waals surface area contributed by atoms with Gasteiger partial charge in [-0.2, -0.15) is 11.8 Å². The number of carbonyl (C=O) groups excluding carboxylic acids is 1. The highest BCUT2D eigenvalue weighted by molar-refractivity contribution is 7.99. The van der Waals surface area contributed by atoms with Crippen LogP contribution in [0, 0.1) is 0 Å². The summed E-state index contributed by atoms with van der Waals surface area (Å²) in [6, 6.07) is 0. The van der Waals surface area contributed by atoms with E-state index >= 15 is 0 Å².